The number of aromatic nitrogens is 2. The van der Waals surface area contributed by atoms with Crippen molar-refractivity contribution in [2.24, 2.45) is 32.5 Å². The Hall–Kier alpha value is -6.79. The molecule has 0 bridgehead atoms. The Morgan fingerprint density at radius 3 is 2.18 bits per heavy atom. The van der Waals surface area contributed by atoms with Crippen LogP contribution in [0.4, 0.5) is 0 Å². The average molecular weight is 1130 g/mol. The van der Waals surface area contributed by atoms with Gasteiger partial charge in [-0.2, -0.15) is 0 Å². The number of carbonyl (C=O) groups excluding carboxylic acids is 2. The molecule has 2 fully saturated rings. The number of imidazole rings is 1. The third-order valence-corrected chi connectivity index (χ3v) is 16.3. The monoisotopic (exact) mass is 1130 g/mol. The van der Waals surface area contributed by atoms with Crippen molar-refractivity contribution in [1.29, 1.82) is 0 Å². The van der Waals surface area contributed by atoms with Gasteiger partial charge in [0.25, 0.3) is 0 Å². The van der Waals surface area contributed by atoms with Crippen LogP contribution >= 0.6 is 0 Å². The number of aliphatic imine (C=N–C) groups is 1. The molecule has 68 heavy (non-hydrogen) atoms. The fraction of sp³-hybridized carbons (Fsp3) is 0.235. The normalized spacial score (nSPS) is 19.5. The van der Waals surface area contributed by atoms with Crippen LogP contribution in [0.15, 0.2) is 139 Å². The van der Waals surface area contributed by atoms with Crippen molar-refractivity contribution in [2.45, 2.75) is 32.2 Å². The summed E-state index contributed by atoms with van der Waals surface area (Å²) < 4.78 is 20.8. The molecule has 6 heterocycles. The molecule has 5 aromatic rings. The number of nitrogens with two attached hydrogens (primary N) is 2. The van der Waals surface area contributed by atoms with E-state index in [0.29, 0.717) is 78.4 Å². The quantitative estimate of drug-likeness (QED) is 0.0416. The summed E-state index contributed by atoms with van der Waals surface area (Å²) in [5.41, 5.74) is 18.7. The minimum atomic E-state index is -0.559. The molecule has 0 radical (unpaired) electrons. The molecule has 17 heteroatoms. The second-order valence-electron chi connectivity index (χ2n) is 16.6. The summed E-state index contributed by atoms with van der Waals surface area (Å²) in [5, 5.41) is 5.67. The summed E-state index contributed by atoms with van der Waals surface area (Å²) in [6, 6.07) is 30.8. The molecule has 1 aromatic heterocycles. The predicted octanol–water partition coefficient (Wildman–Crippen LogP) is -1.75. The maximum absolute atomic E-state index is 14.2. The summed E-state index contributed by atoms with van der Waals surface area (Å²) in [4.78, 5) is 52.3. The SMILES string of the molecule is C=CC(=O)N1CCCC(/C=[N+]2/N=C(c3ccc(Oc4cccc(-c5cccc(Oc6ccc(-n7c8c(n([C@@H]9CCN(C(=O)C#CC)C9)c7=O)=NC[I-]C=8N)cc6)c5)c4)cc3)C3=C(N)[I-]CN=C32)C1. The predicted molar refractivity (Wildman–Crippen MR) is 251 cm³/mol. The molecule has 0 spiro atoms. The number of piperidine rings is 1. The van der Waals surface area contributed by atoms with Crippen molar-refractivity contribution in [3.63, 3.8) is 0 Å². The van der Waals surface area contributed by atoms with Crippen molar-refractivity contribution >= 4 is 33.3 Å². The van der Waals surface area contributed by atoms with E-state index in [1.807, 2.05) is 107 Å². The number of carbonyl (C=O) groups is 2. The number of hydrogen-bond acceptors (Lipinski definition) is 10. The van der Waals surface area contributed by atoms with E-state index in [9.17, 15) is 14.4 Å². The molecule has 5 aliphatic heterocycles. The molecule has 2 atom stereocenters. The van der Waals surface area contributed by atoms with Gasteiger partial charge < -0.3 is 0 Å². The van der Waals surface area contributed by atoms with Gasteiger partial charge in [0.2, 0.25) is 0 Å². The van der Waals surface area contributed by atoms with Crippen LogP contribution in [0.5, 0.6) is 23.0 Å². The van der Waals surface area contributed by atoms with Crippen LogP contribution in [0.25, 0.3) is 20.5 Å². The Bertz CT molecular complexity index is 3270. The zero-order chi connectivity index (χ0) is 46.9. The number of ether oxygens (including phenoxy) is 2. The topological polar surface area (TPSA) is 178 Å². The van der Waals surface area contributed by atoms with E-state index >= 15 is 0 Å². The van der Waals surface area contributed by atoms with Gasteiger partial charge >= 0.3 is 416 Å². The number of benzene rings is 4. The van der Waals surface area contributed by atoms with E-state index in [0.717, 1.165) is 56.9 Å². The van der Waals surface area contributed by atoms with E-state index < -0.39 is 42.4 Å². The number of rotatable bonds is 10. The molecule has 4 aromatic carbocycles. The molecule has 10 rings (SSSR count). The zero-order valence-electron chi connectivity index (χ0n) is 37.1. The van der Waals surface area contributed by atoms with Crippen molar-refractivity contribution in [3.8, 4) is 51.7 Å². The molecule has 2 saturated heterocycles. The summed E-state index contributed by atoms with van der Waals surface area (Å²) in [7, 11) is 0. The molecule has 2 amide bonds. The molecule has 5 aliphatic rings. The van der Waals surface area contributed by atoms with Crippen LogP contribution in [-0.4, -0.2) is 88.5 Å². The Balaban J connectivity index is 0.833. The van der Waals surface area contributed by atoms with Gasteiger partial charge in [0, 0.05) is 0 Å². The van der Waals surface area contributed by atoms with Gasteiger partial charge in [0.15, 0.2) is 0 Å². The van der Waals surface area contributed by atoms with Gasteiger partial charge in [-0.05, 0) is 0 Å². The number of amides is 2. The number of hydrogen-bond donors (Lipinski definition) is 2. The fourth-order valence-electron chi connectivity index (χ4n) is 9.05. The summed E-state index contributed by atoms with van der Waals surface area (Å²) in [5.74, 6) is 8.50. The second-order valence-corrected chi connectivity index (χ2v) is 21.8. The molecule has 0 aliphatic carbocycles. The van der Waals surface area contributed by atoms with Crippen LogP contribution in [0, 0.1) is 17.8 Å². The van der Waals surface area contributed by atoms with Crippen molar-refractivity contribution in [2.75, 3.05) is 35.3 Å². The van der Waals surface area contributed by atoms with Crippen LogP contribution in [0.1, 0.15) is 37.8 Å². The van der Waals surface area contributed by atoms with Crippen LogP contribution < -0.4 is 79.9 Å². The van der Waals surface area contributed by atoms with Crippen molar-refractivity contribution in [1.82, 2.24) is 18.9 Å². The molecular weight excluding hydrogens is 1090 g/mol. The molecule has 346 valence electrons. The van der Waals surface area contributed by atoms with E-state index in [4.69, 9.17) is 36.0 Å². The summed E-state index contributed by atoms with van der Waals surface area (Å²) in [6.07, 6.45) is 5.96. The summed E-state index contributed by atoms with van der Waals surface area (Å²) in [6.45, 7) is 7.55. The number of hydrazone groups is 1. The van der Waals surface area contributed by atoms with Gasteiger partial charge in [0.1, 0.15) is 0 Å². The number of alkyl halides is 2. The standard InChI is InChI=1S/C51H47I2N10O5/c1-3-8-43(65)60-24-22-37(29-60)63-50-46(48(55)53-31-57-50)62(51(63)66)36-16-20-39(21-17-36)68-41-13-6-11-35(26-41)34-10-5-12-40(25-34)67-38-18-14-33(15-19-38)45-44-47(54)52-30-56-49(44)61(58-45)28-32-9-7-23-59(27-32)42(64)4-2/h4-6,10-21,25-26,28,32,37H,2,7,9,22-24,27,29-31,54-55H2,1H3/q-1/b61-28+/t32?,37-/m1/s1. The Kier molecular flexibility index (Phi) is 12.9. The number of likely N-dealkylation sites (tertiary alicyclic amines) is 2. The molecule has 0 saturated carbocycles. The first-order valence-corrected chi connectivity index (χ1v) is 27.4. The number of nitrogens with zero attached hydrogens (tertiary/aromatic N) is 8. The summed E-state index contributed by atoms with van der Waals surface area (Å²) >= 11 is -0.991. The minimum absolute atomic E-state index is 0.0503. The number of halogens is 2. The first kappa shape index (κ1) is 45.0. The first-order valence-electron chi connectivity index (χ1n) is 22.2. The Morgan fingerprint density at radius 2 is 1.49 bits per heavy atom. The van der Waals surface area contributed by atoms with Crippen LogP contribution in [-0.2, 0) is 9.59 Å². The van der Waals surface area contributed by atoms with Gasteiger partial charge in [-0.1, -0.05) is 0 Å². The van der Waals surface area contributed by atoms with Crippen LogP contribution in [0.3, 0.4) is 0 Å². The third kappa shape index (κ3) is 9.01. The molecule has 1 unspecified atom stereocenters. The zero-order valence-corrected chi connectivity index (χ0v) is 41.5. The number of fused-ring (bicyclic) bond motifs is 2. The van der Waals surface area contributed by atoms with Gasteiger partial charge in [-0.25, -0.2) is 0 Å². The van der Waals surface area contributed by atoms with E-state index in [1.165, 1.54) is 6.08 Å². The van der Waals surface area contributed by atoms with Gasteiger partial charge in [-0.3, -0.25) is 0 Å². The molecule has 4 N–H and O–H groups in total. The van der Waals surface area contributed by atoms with Crippen molar-refractivity contribution in [3.05, 3.63) is 146 Å². The molecule has 15 nitrogen and oxygen atoms in total. The number of amidine groups is 1. The fourth-order valence-corrected chi connectivity index (χ4v) is 12.5. The average Bonchev–Trinajstić information content (AvgIpc) is 4.07. The van der Waals surface area contributed by atoms with Gasteiger partial charge in [0.05, 0.1) is 0 Å². The van der Waals surface area contributed by atoms with Gasteiger partial charge in [-0.15, -0.1) is 0 Å². The first-order chi connectivity index (χ1) is 33.1. The molecular formula is C51H47I2N10O5-. The Morgan fingerprint density at radius 1 is 0.809 bits per heavy atom. The van der Waals surface area contributed by atoms with E-state index in [2.05, 4.69) is 24.6 Å². The van der Waals surface area contributed by atoms with E-state index in [-0.39, 0.29) is 29.5 Å². The van der Waals surface area contributed by atoms with Crippen LogP contribution in [0.2, 0.25) is 0 Å². The second kappa shape index (κ2) is 19.4. The maximum atomic E-state index is 14.2. The Labute approximate surface area is 413 Å². The van der Waals surface area contributed by atoms with E-state index in [1.54, 1.807) is 21.0 Å². The third-order valence-electron chi connectivity index (χ3n) is 12.3. The van der Waals surface area contributed by atoms with Crippen molar-refractivity contribution < 1.29 is 66.2 Å².